The Morgan fingerprint density at radius 3 is 2.23 bits per heavy atom. The minimum atomic E-state index is -1.39. The van der Waals surface area contributed by atoms with Crippen LogP contribution in [0.15, 0.2) is 12.2 Å². The fraction of sp³-hybridized carbons (Fsp3) is 0.500. The van der Waals surface area contributed by atoms with Crippen molar-refractivity contribution in [2.75, 3.05) is 0 Å². The Morgan fingerprint density at radius 2 is 1.92 bits per heavy atom. The molecule has 0 heterocycles. The summed E-state index contributed by atoms with van der Waals surface area (Å²) in [7, 11) is 0. The molecule has 0 bridgehead atoms. The van der Waals surface area contributed by atoms with Gasteiger partial charge in [-0.05, 0) is 12.8 Å². The SMILES string of the molecule is CC/C=C/C(CC(=O)[O-])C(=O)[O-].[Ca+2]. The van der Waals surface area contributed by atoms with Gasteiger partial charge in [-0.2, -0.15) is 0 Å². The van der Waals surface area contributed by atoms with Gasteiger partial charge in [0.05, 0.1) is 0 Å². The Labute approximate surface area is 107 Å². The van der Waals surface area contributed by atoms with Gasteiger partial charge in [0.15, 0.2) is 0 Å². The third kappa shape index (κ3) is 8.27. The van der Waals surface area contributed by atoms with Crippen molar-refractivity contribution in [1.82, 2.24) is 0 Å². The Bertz CT molecular complexity index is 200. The molecule has 0 aromatic carbocycles. The van der Waals surface area contributed by atoms with E-state index in [4.69, 9.17) is 0 Å². The van der Waals surface area contributed by atoms with Gasteiger partial charge in [0.25, 0.3) is 0 Å². The molecule has 0 aliphatic rings. The van der Waals surface area contributed by atoms with Gasteiger partial charge in [-0.15, -0.1) is 0 Å². The van der Waals surface area contributed by atoms with Crippen molar-refractivity contribution in [3.63, 3.8) is 0 Å². The fourth-order valence-corrected chi connectivity index (χ4v) is 0.710. The summed E-state index contributed by atoms with van der Waals surface area (Å²) >= 11 is 0. The second-order valence-corrected chi connectivity index (χ2v) is 2.34. The second-order valence-electron chi connectivity index (χ2n) is 2.34. The number of carbonyl (C=O) groups is 2. The van der Waals surface area contributed by atoms with Gasteiger partial charge < -0.3 is 19.8 Å². The van der Waals surface area contributed by atoms with Crippen LogP contribution < -0.4 is 10.2 Å². The van der Waals surface area contributed by atoms with E-state index >= 15 is 0 Å². The van der Waals surface area contributed by atoms with E-state index in [2.05, 4.69) is 0 Å². The van der Waals surface area contributed by atoms with Crippen LogP contribution in [0.5, 0.6) is 0 Å². The third-order valence-electron chi connectivity index (χ3n) is 1.29. The molecule has 13 heavy (non-hydrogen) atoms. The molecule has 5 heteroatoms. The number of hydrogen-bond acceptors (Lipinski definition) is 4. The van der Waals surface area contributed by atoms with Gasteiger partial charge in [-0.1, -0.05) is 19.1 Å². The Morgan fingerprint density at radius 1 is 1.38 bits per heavy atom. The van der Waals surface area contributed by atoms with Gasteiger partial charge in [0, 0.05) is 17.9 Å². The van der Waals surface area contributed by atoms with Crippen molar-refractivity contribution in [2.24, 2.45) is 5.92 Å². The average molecular weight is 210 g/mol. The maximum Gasteiger partial charge on any atom is 2.00 e. The van der Waals surface area contributed by atoms with Crippen molar-refractivity contribution in [1.29, 1.82) is 0 Å². The van der Waals surface area contributed by atoms with Crippen LogP contribution in [-0.2, 0) is 9.59 Å². The van der Waals surface area contributed by atoms with Crippen LogP contribution in [-0.4, -0.2) is 49.7 Å². The summed E-state index contributed by atoms with van der Waals surface area (Å²) in [6, 6.07) is 0. The molecule has 0 aromatic heterocycles. The summed E-state index contributed by atoms with van der Waals surface area (Å²) in [5.41, 5.74) is 0. The zero-order valence-corrected chi connectivity index (χ0v) is 9.69. The number of aliphatic carboxylic acids is 2. The van der Waals surface area contributed by atoms with E-state index in [0.717, 1.165) is 0 Å². The predicted molar refractivity (Wildman–Crippen MR) is 43.3 cm³/mol. The van der Waals surface area contributed by atoms with Crippen LogP contribution >= 0.6 is 0 Å². The molecular formula is C8H10CaO4. The van der Waals surface area contributed by atoms with E-state index < -0.39 is 24.3 Å². The standard InChI is InChI=1S/C8H12O4.Ca/c1-2-3-4-6(8(11)12)5-7(9)10;/h3-4,6H,2,5H2,1H3,(H,9,10)(H,11,12);/q;+2/p-2/b4-3+;. The first kappa shape index (κ1) is 15.4. The summed E-state index contributed by atoms with van der Waals surface area (Å²) in [6.07, 6.45) is 3.03. The zero-order valence-electron chi connectivity index (χ0n) is 7.49. The van der Waals surface area contributed by atoms with Gasteiger partial charge in [0.1, 0.15) is 0 Å². The summed E-state index contributed by atoms with van der Waals surface area (Å²) in [6.45, 7) is 1.82. The monoisotopic (exact) mass is 210 g/mol. The molecule has 1 unspecified atom stereocenters. The Kier molecular flexibility index (Phi) is 10.1. The number of hydrogen-bond donors (Lipinski definition) is 0. The molecule has 0 spiro atoms. The molecule has 0 amide bonds. The van der Waals surface area contributed by atoms with Gasteiger partial charge in [-0.25, -0.2) is 0 Å². The first-order chi connectivity index (χ1) is 5.57. The summed E-state index contributed by atoms with van der Waals surface area (Å²) in [4.78, 5) is 20.3. The van der Waals surface area contributed by atoms with Crippen LogP contribution in [0, 0.1) is 5.92 Å². The number of carboxylic acids is 2. The number of carbonyl (C=O) groups excluding carboxylic acids is 2. The number of carboxylic acid groups (broad SMARTS) is 2. The summed E-state index contributed by atoms with van der Waals surface area (Å²) in [5.74, 6) is -3.84. The number of rotatable bonds is 5. The minimum Gasteiger partial charge on any atom is -0.550 e. The molecule has 0 N–H and O–H groups in total. The van der Waals surface area contributed by atoms with Crippen molar-refractivity contribution >= 4 is 49.7 Å². The fourth-order valence-electron chi connectivity index (χ4n) is 0.710. The summed E-state index contributed by atoms with van der Waals surface area (Å²) < 4.78 is 0. The maximum absolute atomic E-state index is 10.3. The molecule has 4 nitrogen and oxygen atoms in total. The average Bonchev–Trinajstić information content (AvgIpc) is 1.96. The molecule has 0 aliphatic carbocycles. The molecular weight excluding hydrogens is 200 g/mol. The van der Waals surface area contributed by atoms with Gasteiger partial charge >= 0.3 is 37.7 Å². The van der Waals surface area contributed by atoms with E-state index in [1.807, 2.05) is 6.92 Å². The van der Waals surface area contributed by atoms with E-state index in [1.54, 1.807) is 6.08 Å². The smallest absolute Gasteiger partial charge is 0.550 e. The maximum atomic E-state index is 10.3. The second kappa shape index (κ2) is 8.53. The zero-order chi connectivity index (χ0) is 9.56. The van der Waals surface area contributed by atoms with Crippen molar-refractivity contribution in [3.05, 3.63) is 12.2 Å². The Balaban J connectivity index is 0. The first-order valence-corrected chi connectivity index (χ1v) is 3.65. The van der Waals surface area contributed by atoms with Gasteiger partial charge in [0.2, 0.25) is 0 Å². The van der Waals surface area contributed by atoms with Crippen molar-refractivity contribution < 1.29 is 19.8 Å². The van der Waals surface area contributed by atoms with Crippen LogP contribution in [0.4, 0.5) is 0 Å². The largest absolute Gasteiger partial charge is 2.00 e. The minimum absolute atomic E-state index is 0. The molecule has 0 saturated carbocycles. The molecule has 1 atom stereocenters. The number of allylic oxidation sites excluding steroid dienone is 1. The molecule has 68 valence electrons. The van der Waals surface area contributed by atoms with E-state index in [9.17, 15) is 19.8 Å². The normalized spacial score (nSPS) is 12.1. The molecule has 0 aliphatic heterocycles. The van der Waals surface area contributed by atoms with Gasteiger partial charge in [-0.3, -0.25) is 0 Å². The van der Waals surface area contributed by atoms with E-state index in [-0.39, 0.29) is 37.7 Å². The molecule has 0 rings (SSSR count). The summed E-state index contributed by atoms with van der Waals surface area (Å²) in [5, 5.41) is 20.3. The first-order valence-electron chi connectivity index (χ1n) is 3.65. The van der Waals surface area contributed by atoms with Crippen molar-refractivity contribution in [3.8, 4) is 0 Å². The molecule has 0 aromatic rings. The van der Waals surface area contributed by atoms with Crippen molar-refractivity contribution in [2.45, 2.75) is 19.8 Å². The van der Waals surface area contributed by atoms with Crippen LogP contribution in [0.2, 0.25) is 0 Å². The predicted octanol–water partition coefficient (Wildman–Crippen LogP) is -1.92. The van der Waals surface area contributed by atoms with E-state index in [0.29, 0.717) is 6.42 Å². The third-order valence-corrected chi connectivity index (χ3v) is 1.29. The van der Waals surface area contributed by atoms with Crippen LogP contribution in [0.3, 0.4) is 0 Å². The van der Waals surface area contributed by atoms with Crippen LogP contribution in [0.25, 0.3) is 0 Å². The molecule has 0 saturated heterocycles. The van der Waals surface area contributed by atoms with E-state index in [1.165, 1.54) is 6.08 Å². The molecule has 0 fully saturated rings. The molecule has 0 radical (unpaired) electrons. The Hall–Kier alpha value is -0.0603. The topological polar surface area (TPSA) is 80.3 Å². The van der Waals surface area contributed by atoms with Crippen LogP contribution in [0.1, 0.15) is 19.8 Å². The quantitative estimate of drug-likeness (QED) is 0.391.